The summed E-state index contributed by atoms with van der Waals surface area (Å²) < 4.78 is 39.1. The monoisotopic (exact) mass is 268 g/mol. The summed E-state index contributed by atoms with van der Waals surface area (Å²) in [5.74, 6) is -0.746. The molecule has 0 spiro atoms. The third kappa shape index (κ3) is 3.59. The van der Waals surface area contributed by atoms with Crippen molar-refractivity contribution < 1.29 is 27.5 Å². The molecule has 1 aliphatic heterocycles. The van der Waals surface area contributed by atoms with Gasteiger partial charge in [-0.25, -0.2) is 0 Å². The minimum Gasteiger partial charge on any atom is -0.343 e. The molecule has 1 saturated heterocycles. The van der Waals surface area contributed by atoms with Crippen LogP contribution in [0.15, 0.2) is 0 Å². The molecule has 1 N–H and O–H groups in total. The van der Waals surface area contributed by atoms with E-state index in [1.807, 2.05) is 0 Å². The van der Waals surface area contributed by atoms with Gasteiger partial charge in [-0.15, -0.1) is 13.2 Å². The van der Waals surface area contributed by atoms with Crippen LogP contribution in [-0.2, 0) is 14.3 Å². The third-order valence-corrected chi connectivity index (χ3v) is 2.68. The van der Waals surface area contributed by atoms with E-state index in [4.69, 9.17) is 0 Å². The Balaban J connectivity index is 2.63. The third-order valence-electron chi connectivity index (χ3n) is 2.68. The number of amides is 2. The Labute approximate surface area is 102 Å². The number of carbonyl (C=O) groups is 2. The predicted octanol–water partition coefficient (Wildman–Crippen LogP) is 0.648. The number of rotatable bonds is 4. The summed E-state index contributed by atoms with van der Waals surface area (Å²) in [5.41, 5.74) is 0. The first-order chi connectivity index (χ1) is 8.26. The number of alkyl halides is 3. The highest BCUT2D eigenvalue weighted by Crippen LogP contribution is 2.17. The van der Waals surface area contributed by atoms with Crippen LogP contribution in [0.4, 0.5) is 13.2 Å². The van der Waals surface area contributed by atoms with Crippen molar-refractivity contribution in [2.75, 3.05) is 13.2 Å². The largest absolute Gasteiger partial charge is 0.522 e. The molecule has 18 heavy (non-hydrogen) atoms. The maximum Gasteiger partial charge on any atom is 0.522 e. The molecule has 0 radical (unpaired) electrons. The van der Waals surface area contributed by atoms with Gasteiger partial charge in [-0.3, -0.25) is 14.3 Å². The minimum atomic E-state index is -4.73. The van der Waals surface area contributed by atoms with Crippen LogP contribution in [0.1, 0.15) is 20.3 Å². The van der Waals surface area contributed by atoms with Crippen LogP contribution in [-0.4, -0.2) is 48.3 Å². The SMILES string of the molecule is CCC1C(=O)NC(C)C(=O)N1CCOC(F)(F)F. The Bertz CT molecular complexity index is 333. The lowest BCUT2D eigenvalue weighted by Gasteiger charge is -2.37. The lowest BCUT2D eigenvalue weighted by Crippen LogP contribution is -2.62. The van der Waals surface area contributed by atoms with E-state index < -0.39 is 31.0 Å². The molecule has 2 amide bonds. The van der Waals surface area contributed by atoms with Crippen molar-refractivity contribution in [2.24, 2.45) is 0 Å². The van der Waals surface area contributed by atoms with Crippen LogP contribution in [0, 0.1) is 0 Å². The van der Waals surface area contributed by atoms with Crippen molar-refractivity contribution in [2.45, 2.75) is 38.7 Å². The number of halogens is 3. The van der Waals surface area contributed by atoms with Gasteiger partial charge in [0.1, 0.15) is 12.1 Å². The molecule has 1 fully saturated rings. The van der Waals surface area contributed by atoms with Crippen LogP contribution in [0.5, 0.6) is 0 Å². The normalized spacial score (nSPS) is 25.3. The maximum atomic E-state index is 11.8. The van der Waals surface area contributed by atoms with Gasteiger partial charge in [0.05, 0.1) is 6.61 Å². The van der Waals surface area contributed by atoms with Gasteiger partial charge in [0.2, 0.25) is 11.8 Å². The number of carbonyl (C=O) groups excluding carboxylic acids is 2. The number of nitrogens with zero attached hydrogens (tertiary/aromatic N) is 1. The summed E-state index contributed by atoms with van der Waals surface area (Å²) in [6.07, 6.45) is -4.38. The second-order valence-corrected chi connectivity index (χ2v) is 3.98. The molecule has 1 heterocycles. The van der Waals surface area contributed by atoms with Crippen molar-refractivity contribution in [1.82, 2.24) is 10.2 Å². The maximum absolute atomic E-state index is 11.8. The summed E-state index contributed by atoms with van der Waals surface area (Å²) >= 11 is 0. The standard InChI is InChI=1S/C10H15F3N2O3/c1-3-7-8(16)14-6(2)9(17)15(7)4-5-18-10(11,12)13/h6-7H,3-5H2,1-2H3,(H,14,16). The van der Waals surface area contributed by atoms with Crippen molar-refractivity contribution in [1.29, 1.82) is 0 Å². The molecular formula is C10H15F3N2O3. The first-order valence-corrected chi connectivity index (χ1v) is 5.57. The zero-order valence-corrected chi connectivity index (χ0v) is 10.1. The molecule has 8 heteroatoms. The number of hydrogen-bond donors (Lipinski definition) is 1. The number of ether oxygens (including phenoxy) is 1. The molecule has 2 unspecified atom stereocenters. The molecule has 5 nitrogen and oxygen atoms in total. The van der Waals surface area contributed by atoms with Crippen molar-refractivity contribution in [3.8, 4) is 0 Å². The summed E-state index contributed by atoms with van der Waals surface area (Å²) in [4.78, 5) is 24.5. The Morgan fingerprint density at radius 1 is 1.39 bits per heavy atom. The predicted molar refractivity (Wildman–Crippen MR) is 55.4 cm³/mol. The first-order valence-electron chi connectivity index (χ1n) is 5.57. The molecule has 1 aliphatic rings. The van der Waals surface area contributed by atoms with Crippen LogP contribution in [0.2, 0.25) is 0 Å². The summed E-state index contributed by atoms with van der Waals surface area (Å²) in [6.45, 7) is 2.25. The van der Waals surface area contributed by atoms with E-state index in [0.717, 1.165) is 4.90 Å². The second kappa shape index (κ2) is 5.55. The topological polar surface area (TPSA) is 58.6 Å². The van der Waals surface area contributed by atoms with Gasteiger partial charge in [0, 0.05) is 6.54 Å². The Morgan fingerprint density at radius 3 is 2.50 bits per heavy atom. The van der Waals surface area contributed by atoms with Crippen LogP contribution in [0.3, 0.4) is 0 Å². The smallest absolute Gasteiger partial charge is 0.343 e. The zero-order chi connectivity index (χ0) is 13.9. The fourth-order valence-electron chi connectivity index (χ4n) is 1.85. The number of hydrogen-bond acceptors (Lipinski definition) is 3. The molecule has 0 bridgehead atoms. The van der Waals surface area contributed by atoms with E-state index in [2.05, 4.69) is 10.1 Å². The van der Waals surface area contributed by atoms with Crippen molar-refractivity contribution >= 4 is 11.8 Å². The summed E-state index contributed by atoms with van der Waals surface area (Å²) in [5, 5.41) is 2.47. The Hall–Kier alpha value is -1.31. The van der Waals surface area contributed by atoms with Gasteiger partial charge in [-0.05, 0) is 13.3 Å². The lowest BCUT2D eigenvalue weighted by atomic mass is 10.1. The fourth-order valence-corrected chi connectivity index (χ4v) is 1.85. The second-order valence-electron chi connectivity index (χ2n) is 3.98. The van der Waals surface area contributed by atoms with Gasteiger partial charge in [-0.1, -0.05) is 6.92 Å². The summed E-state index contributed by atoms with van der Waals surface area (Å²) in [6, 6.07) is -1.45. The van der Waals surface area contributed by atoms with E-state index >= 15 is 0 Å². The van der Waals surface area contributed by atoms with E-state index in [0.29, 0.717) is 6.42 Å². The summed E-state index contributed by atoms with van der Waals surface area (Å²) in [7, 11) is 0. The quantitative estimate of drug-likeness (QED) is 0.814. The fraction of sp³-hybridized carbons (Fsp3) is 0.800. The molecule has 0 saturated carbocycles. The van der Waals surface area contributed by atoms with E-state index in [1.165, 1.54) is 6.92 Å². The van der Waals surface area contributed by atoms with Gasteiger partial charge < -0.3 is 10.2 Å². The lowest BCUT2D eigenvalue weighted by molar-refractivity contribution is -0.325. The molecule has 0 aromatic heterocycles. The average Bonchev–Trinajstić information content (AvgIpc) is 2.23. The highest BCUT2D eigenvalue weighted by molar-refractivity contribution is 5.96. The van der Waals surface area contributed by atoms with E-state index in [1.54, 1.807) is 6.92 Å². The van der Waals surface area contributed by atoms with Crippen molar-refractivity contribution in [3.63, 3.8) is 0 Å². The molecule has 0 aliphatic carbocycles. The molecule has 104 valence electrons. The van der Waals surface area contributed by atoms with Gasteiger partial charge in [0.15, 0.2) is 0 Å². The average molecular weight is 268 g/mol. The number of nitrogens with one attached hydrogen (secondary N) is 1. The molecule has 2 atom stereocenters. The Kier molecular flexibility index (Phi) is 4.55. The van der Waals surface area contributed by atoms with Gasteiger partial charge in [-0.2, -0.15) is 0 Å². The van der Waals surface area contributed by atoms with Crippen LogP contribution < -0.4 is 5.32 Å². The highest BCUT2D eigenvalue weighted by atomic mass is 19.4. The highest BCUT2D eigenvalue weighted by Gasteiger charge is 2.38. The van der Waals surface area contributed by atoms with E-state index in [-0.39, 0.29) is 12.5 Å². The zero-order valence-electron chi connectivity index (χ0n) is 10.1. The van der Waals surface area contributed by atoms with Crippen molar-refractivity contribution in [3.05, 3.63) is 0 Å². The van der Waals surface area contributed by atoms with Gasteiger partial charge >= 0.3 is 6.36 Å². The minimum absolute atomic E-state index is 0.255. The Morgan fingerprint density at radius 2 is 2.00 bits per heavy atom. The molecular weight excluding hydrogens is 253 g/mol. The van der Waals surface area contributed by atoms with Gasteiger partial charge in [0.25, 0.3) is 0 Å². The first kappa shape index (κ1) is 14.7. The molecule has 0 aromatic rings. The molecule has 0 aromatic carbocycles. The van der Waals surface area contributed by atoms with Crippen LogP contribution >= 0.6 is 0 Å². The van der Waals surface area contributed by atoms with Crippen LogP contribution in [0.25, 0.3) is 0 Å². The van der Waals surface area contributed by atoms with E-state index in [9.17, 15) is 22.8 Å². The molecule has 1 rings (SSSR count). The number of piperazine rings is 1.